The van der Waals surface area contributed by atoms with Crippen molar-refractivity contribution in [3.8, 4) is 0 Å². The molecule has 0 spiro atoms. The van der Waals surface area contributed by atoms with Crippen LogP contribution >= 0.6 is 0 Å². The molecule has 1 aliphatic heterocycles. The summed E-state index contributed by atoms with van der Waals surface area (Å²) >= 11 is 0. The summed E-state index contributed by atoms with van der Waals surface area (Å²) in [5, 5.41) is 10.5. The molecule has 0 aliphatic carbocycles. The van der Waals surface area contributed by atoms with E-state index in [1.807, 2.05) is 4.98 Å². The van der Waals surface area contributed by atoms with Gasteiger partial charge in [-0.3, -0.25) is 19.2 Å². The third-order valence-electron chi connectivity index (χ3n) is 2.94. The normalized spacial score (nSPS) is 24.6. The highest BCUT2D eigenvalue weighted by molar-refractivity contribution is 4.88. The van der Waals surface area contributed by atoms with Gasteiger partial charge in [0, 0.05) is 13.6 Å². The van der Waals surface area contributed by atoms with E-state index in [9.17, 15) is 14.0 Å². The molecular formula is C10H14FN3O4. The number of nitrogens with zero attached hydrogens (tertiary/aromatic N) is 2. The van der Waals surface area contributed by atoms with Crippen molar-refractivity contribution < 1.29 is 14.3 Å². The van der Waals surface area contributed by atoms with Gasteiger partial charge in [-0.2, -0.15) is 9.45 Å². The molecule has 1 aliphatic rings. The van der Waals surface area contributed by atoms with Crippen LogP contribution in [-0.2, 0) is 11.4 Å². The number of hydrogen-bond donors (Lipinski definition) is 2. The van der Waals surface area contributed by atoms with Gasteiger partial charge < -0.3 is 5.11 Å². The van der Waals surface area contributed by atoms with Gasteiger partial charge in [0.15, 0.2) is 0 Å². The number of likely N-dealkylation sites (N-methyl/N-ethyl adjacent to an activating group) is 1. The maximum absolute atomic E-state index is 13.1. The average molecular weight is 259 g/mol. The third kappa shape index (κ3) is 2.50. The van der Waals surface area contributed by atoms with Crippen molar-refractivity contribution in [1.82, 2.24) is 14.6 Å². The number of aromatic nitrogens is 2. The Hall–Kier alpha value is -1.51. The molecule has 0 amide bonds. The fraction of sp³-hybridized carbons (Fsp3) is 0.600. The first-order chi connectivity index (χ1) is 8.51. The molecule has 0 bridgehead atoms. The predicted molar refractivity (Wildman–Crippen MR) is 59.4 cm³/mol. The standard InChI is InChI=1S/C10H14FN3O4/c1-13-6(2-7(5-15)18-13)3-14-4-8(11)9(16)12-10(14)17/h4,6-7,15H,2-3,5H2,1H3,(H,12,16,17)/t6-,7+/m0/s1. The zero-order valence-electron chi connectivity index (χ0n) is 9.80. The van der Waals surface area contributed by atoms with E-state index < -0.39 is 17.1 Å². The Bertz CT molecular complexity index is 541. The fourth-order valence-electron chi connectivity index (χ4n) is 1.96. The van der Waals surface area contributed by atoms with Gasteiger partial charge in [0.2, 0.25) is 5.82 Å². The van der Waals surface area contributed by atoms with Crippen molar-refractivity contribution in [3.63, 3.8) is 0 Å². The molecule has 2 rings (SSSR count). The number of aromatic amines is 1. The lowest BCUT2D eigenvalue weighted by atomic mass is 10.1. The average Bonchev–Trinajstić information content (AvgIpc) is 2.67. The highest BCUT2D eigenvalue weighted by Gasteiger charge is 2.30. The molecule has 1 aromatic heterocycles. The number of halogens is 1. The number of nitrogens with one attached hydrogen (secondary N) is 1. The van der Waals surface area contributed by atoms with Crippen LogP contribution in [0.4, 0.5) is 4.39 Å². The molecule has 0 aromatic carbocycles. The molecule has 2 N–H and O–H groups in total. The lowest BCUT2D eigenvalue weighted by Crippen LogP contribution is -2.37. The molecule has 1 aromatic rings. The molecule has 1 fully saturated rings. The van der Waals surface area contributed by atoms with Crippen molar-refractivity contribution in [1.29, 1.82) is 0 Å². The minimum atomic E-state index is -1.03. The van der Waals surface area contributed by atoms with Gasteiger partial charge in [0.1, 0.15) is 6.10 Å². The van der Waals surface area contributed by atoms with E-state index in [0.29, 0.717) is 6.42 Å². The van der Waals surface area contributed by atoms with E-state index >= 15 is 0 Å². The van der Waals surface area contributed by atoms with Crippen LogP contribution in [0, 0.1) is 5.82 Å². The van der Waals surface area contributed by atoms with Gasteiger partial charge in [-0.15, -0.1) is 0 Å². The Morgan fingerprint density at radius 3 is 2.94 bits per heavy atom. The maximum atomic E-state index is 13.1. The molecular weight excluding hydrogens is 245 g/mol. The summed E-state index contributed by atoms with van der Waals surface area (Å²) in [7, 11) is 1.67. The molecule has 1 saturated heterocycles. The molecule has 8 heteroatoms. The van der Waals surface area contributed by atoms with E-state index in [-0.39, 0.29) is 25.3 Å². The van der Waals surface area contributed by atoms with Crippen LogP contribution in [0.15, 0.2) is 15.8 Å². The van der Waals surface area contributed by atoms with Crippen LogP contribution in [0.2, 0.25) is 0 Å². The van der Waals surface area contributed by atoms with Crippen LogP contribution in [0.5, 0.6) is 0 Å². The molecule has 100 valence electrons. The van der Waals surface area contributed by atoms with Crippen LogP contribution in [-0.4, -0.2) is 45.5 Å². The molecule has 0 radical (unpaired) electrons. The Kier molecular flexibility index (Phi) is 3.60. The molecule has 0 unspecified atom stereocenters. The van der Waals surface area contributed by atoms with Gasteiger partial charge in [0.25, 0.3) is 5.56 Å². The minimum Gasteiger partial charge on any atom is -0.394 e. The minimum absolute atomic E-state index is 0.115. The monoisotopic (exact) mass is 259 g/mol. The summed E-state index contributed by atoms with van der Waals surface area (Å²) in [5.41, 5.74) is -1.69. The van der Waals surface area contributed by atoms with Gasteiger partial charge in [0.05, 0.1) is 18.8 Å². The number of rotatable bonds is 3. The van der Waals surface area contributed by atoms with Crippen LogP contribution in [0.1, 0.15) is 6.42 Å². The van der Waals surface area contributed by atoms with Gasteiger partial charge in [-0.05, 0) is 6.42 Å². The lowest BCUT2D eigenvalue weighted by Gasteiger charge is -2.17. The predicted octanol–water partition coefficient (Wildman–Crippen LogP) is -1.33. The molecule has 7 nitrogen and oxygen atoms in total. The van der Waals surface area contributed by atoms with Crippen molar-refractivity contribution in [2.24, 2.45) is 0 Å². The first-order valence-corrected chi connectivity index (χ1v) is 5.51. The summed E-state index contributed by atoms with van der Waals surface area (Å²) in [4.78, 5) is 29.5. The second-order valence-corrected chi connectivity index (χ2v) is 4.23. The Morgan fingerprint density at radius 2 is 2.33 bits per heavy atom. The highest BCUT2D eigenvalue weighted by Crippen LogP contribution is 2.19. The zero-order valence-corrected chi connectivity index (χ0v) is 9.80. The Labute approximate surface area is 101 Å². The van der Waals surface area contributed by atoms with Crippen molar-refractivity contribution in [3.05, 3.63) is 32.9 Å². The molecule has 2 atom stereocenters. The highest BCUT2D eigenvalue weighted by atomic mass is 19.1. The van der Waals surface area contributed by atoms with E-state index in [1.54, 1.807) is 7.05 Å². The Balaban J connectivity index is 2.17. The third-order valence-corrected chi connectivity index (χ3v) is 2.94. The fourth-order valence-corrected chi connectivity index (χ4v) is 1.96. The van der Waals surface area contributed by atoms with E-state index in [4.69, 9.17) is 9.94 Å². The molecule has 18 heavy (non-hydrogen) atoms. The summed E-state index contributed by atoms with van der Waals surface area (Å²) in [6.07, 6.45) is 1.09. The van der Waals surface area contributed by atoms with Gasteiger partial charge in [-0.1, -0.05) is 0 Å². The second kappa shape index (κ2) is 5.01. The van der Waals surface area contributed by atoms with E-state index in [2.05, 4.69) is 0 Å². The topological polar surface area (TPSA) is 87.6 Å². The zero-order chi connectivity index (χ0) is 13.3. The second-order valence-electron chi connectivity index (χ2n) is 4.23. The largest absolute Gasteiger partial charge is 0.394 e. The van der Waals surface area contributed by atoms with Crippen molar-refractivity contribution in [2.75, 3.05) is 13.7 Å². The molecule has 2 heterocycles. The lowest BCUT2D eigenvalue weighted by molar-refractivity contribution is -0.153. The summed E-state index contributed by atoms with van der Waals surface area (Å²) < 4.78 is 14.2. The van der Waals surface area contributed by atoms with Crippen molar-refractivity contribution >= 4 is 0 Å². The summed E-state index contributed by atoms with van der Waals surface area (Å²) in [6.45, 7) is 0.0647. The summed E-state index contributed by atoms with van der Waals surface area (Å²) in [5.74, 6) is -1.00. The molecule has 0 saturated carbocycles. The maximum Gasteiger partial charge on any atom is 0.328 e. The van der Waals surface area contributed by atoms with Crippen LogP contribution < -0.4 is 11.2 Å². The number of H-pyrrole nitrogens is 1. The summed E-state index contributed by atoms with van der Waals surface area (Å²) in [6, 6.07) is -0.162. The number of aliphatic hydroxyl groups excluding tert-OH is 1. The van der Waals surface area contributed by atoms with E-state index in [1.165, 1.54) is 5.06 Å². The first kappa shape index (κ1) is 12.9. The van der Waals surface area contributed by atoms with Crippen molar-refractivity contribution in [2.45, 2.75) is 25.1 Å². The number of hydrogen-bond acceptors (Lipinski definition) is 5. The quantitative estimate of drug-likeness (QED) is 0.702. The van der Waals surface area contributed by atoms with Gasteiger partial charge in [-0.25, -0.2) is 4.79 Å². The number of aliphatic hydroxyl groups is 1. The first-order valence-electron chi connectivity index (χ1n) is 5.51. The SMILES string of the molecule is CN1O[C@@H](CO)C[C@H]1Cn1cc(F)c(=O)[nH]c1=O. The van der Waals surface area contributed by atoms with Crippen LogP contribution in [0.3, 0.4) is 0 Å². The Morgan fingerprint density at radius 1 is 1.61 bits per heavy atom. The smallest absolute Gasteiger partial charge is 0.328 e. The van der Waals surface area contributed by atoms with E-state index in [0.717, 1.165) is 10.8 Å². The number of hydroxylamine groups is 2. The van der Waals surface area contributed by atoms with Crippen LogP contribution in [0.25, 0.3) is 0 Å². The van der Waals surface area contributed by atoms with Gasteiger partial charge >= 0.3 is 5.69 Å².